The summed E-state index contributed by atoms with van der Waals surface area (Å²) in [5.74, 6) is 0.853. The van der Waals surface area contributed by atoms with Gasteiger partial charge < -0.3 is 15.2 Å². The predicted molar refractivity (Wildman–Crippen MR) is 71.8 cm³/mol. The van der Waals surface area contributed by atoms with Crippen molar-refractivity contribution in [2.45, 2.75) is 6.04 Å². The van der Waals surface area contributed by atoms with Crippen molar-refractivity contribution >= 4 is 10.0 Å². The minimum Gasteiger partial charge on any atom is -0.508 e. The van der Waals surface area contributed by atoms with Crippen molar-refractivity contribution in [1.82, 2.24) is 9.62 Å². The van der Waals surface area contributed by atoms with Gasteiger partial charge in [-0.2, -0.15) is 0 Å². The maximum absolute atomic E-state index is 11.6. The molecule has 0 fully saturated rings. The topological polar surface area (TPSA) is 78.9 Å². The molecule has 0 amide bonds. The molecular formula is C12H18N2O4S. The third kappa shape index (κ3) is 3.17. The molecule has 1 unspecified atom stereocenters. The molecule has 0 saturated carbocycles. The number of hydrogen-bond donors (Lipinski definition) is 2. The molecule has 1 atom stereocenters. The van der Waals surface area contributed by atoms with Crippen LogP contribution in [-0.4, -0.2) is 50.8 Å². The molecule has 19 heavy (non-hydrogen) atoms. The molecule has 106 valence electrons. The fourth-order valence-electron chi connectivity index (χ4n) is 1.91. The molecule has 1 aromatic carbocycles. The third-order valence-corrected chi connectivity index (χ3v) is 4.92. The minimum atomic E-state index is -3.18. The molecule has 0 aromatic heterocycles. The Hall–Kier alpha value is -1.31. The lowest BCUT2D eigenvalue weighted by molar-refractivity contribution is 0.312. The number of nitrogens with zero attached hydrogens (tertiary/aromatic N) is 1. The number of phenolic OH excluding ortho intramolecular Hbond substituents is 1. The molecule has 1 heterocycles. The van der Waals surface area contributed by atoms with Crippen molar-refractivity contribution < 1.29 is 18.3 Å². The summed E-state index contributed by atoms with van der Waals surface area (Å²) in [4.78, 5) is 0. The molecular weight excluding hydrogens is 268 g/mol. The van der Waals surface area contributed by atoms with E-state index in [1.165, 1.54) is 18.4 Å². The van der Waals surface area contributed by atoms with E-state index < -0.39 is 10.0 Å². The van der Waals surface area contributed by atoms with Crippen LogP contribution in [0.3, 0.4) is 0 Å². The lowest BCUT2D eigenvalue weighted by Gasteiger charge is -2.14. The molecule has 2 N–H and O–H groups in total. The van der Waals surface area contributed by atoms with Crippen molar-refractivity contribution in [1.29, 1.82) is 0 Å². The van der Waals surface area contributed by atoms with E-state index in [4.69, 9.17) is 4.74 Å². The Kier molecular flexibility index (Phi) is 3.98. The van der Waals surface area contributed by atoms with E-state index in [-0.39, 0.29) is 17.5 Å². The van der Waals surface area contributed by atoms with Gasteiger partial charge in [0.25, 0.3) is 0 Å². The summed E-state index contributed by atoms with van der Waals surface area (Å²) in [6.07, 6.45) is 0. The Morgan fingerprint density at radius 1 is 1.47 bits per heavy atom. The maximum Gasteiger partial charge on any atom is 0.214 e. The van der Waals surface area contributed by atoms with Crippen molar-refractivity contribution in [2.75, 3.05) is 33.0 Å². The summed E-state index contributed by atoms with van der Waals surface area (Å²) < 4.78 is 29.9. The number of rotatable bonds is 5. The Morgan fingerprint density at radius 2 is 2.21 bits per heavy atom. The molecule has 6 nitrogen and oxygen atoms in total. The van der Waals surface area contributed by atoms with Gasteiger partial charge in [0.05, 0.1) is 11.8 Å². The van der Waals surface area contributed by atoms with E-state index in [0.717, 1.165) is 5.56 Å². The fraction of sp³-hybridized carbons (Fsp3) is 0.500. The summed E-state index contributed by atoms with van der Waals surface area (Å²) in [7, 11) is -0.144. The second kappa shape index (κ2) is 5.36. The van der Waals surface area contributed by atoms with Gasteiger partial charge in [-0.3, -0.25) is 0 Å². The number of phenols is 1. The highest BCUT2D eigenvalue weighted by Gasteiger charge is 2.24. The zero-order valence-corrected chi connectivity index (χ0v) is 11.8. The standard InChI is InChI=1S/C12H18N2O4S/c1-14(2)19(16,17)6-5-13-11-8-18-12-7-9(15)3-4-10(11)12/h3-4,7,11,13,15H,5-6,8H2,1-2H3. The zero-order valence-electron chi connectivity index (χ0n) is 11.0. The number of hydrogen-bond acceptors (Lipinski definition) is 5. The van der Waals surface area contributed by atoms with E-state index in [0.29, 0.717) is 18.9 Å². The van der Waals surface area contributed by atoms with Crippen LogP contribution < -0.4 is 10.1 Å². The van der Waals surface area contributed by atoms with Crippen LogP contribution in [0.4, 0.5) is 0 Å². The number of nitrogens with one attached hydrogen (secondary N) is 1. The minimum absolute atomic E-state index is 0.0343. The van der Waals surface area contributed by atoms with Crippen LogP contribution in [0.15, 0.2) is 18.2 Å². The molecule has 0 radical (unpaired) electrons. The summed E-state index contributed by atoms with van der Waals surface area (Å²) in [6.45, 7) is 0.801. The third-order valence-electron chi connectivity index (χ3n) is 3.09. The monoisotopic (exact) mass is 286 g/mol. The van der Waals surface area contributed by atoms with Crippen molar-refractivity contribution in [2.24, 2.45) is 0 Å². The number of fused-ring (bicyclic) bond motifs is 1. The van der Waals surface area contributed by atoms with Crippen LogP contribution in [0.1, 0.15) is 11.6 Å². The molecule has 7 heteroatoms. The molecule has 0 bridgehead atoms. The summed E-state index contributed by atoms with van der Waals surface area (Å²) in [5.41, 5.74) is 0.944. The SMILES string of the molecule is CN(C)S(=O)(=O)CCNC1COc2cc(O)ccc21. The van der Waals surface area contributed by atoms with E-state index in [9.17, 15) is 13.5 Å². The van der Waals surface area contributed by atoms with Gasteiger partial charge in [0.2, 0.25) is 10.0 Å². The van der Waals surface area contributed by atoms with Crippen LogP contribution >= 0.6 is 0 Å². The van der Waals surface area contributed by atoms with Crippen LogP contribution in [0.5, 0.6) is 11.5 Å². The Balaban J connectivity index is 1.94. The fourth-order valence-corrected chi connectivity index (χ4v) is 2.65. The van der Waals surface area contributed by atoms with Gasteiger partial charge in [0, 0.05) is 32.3 Å². The largest absolute Gasteiger partial charge is 0.508 e. The molecule has 0 saturated heterocycles. The van der Waals surface area contributed by atoms with Crippen molar-refractivity contribution in [3.8, 4) is 11.5 Å². The average molecular weight is 286 g/mol. The van der Waals surface area contributed by atoms with Gasteiger partial charge in [-0.15, -0.1) is 0 Å². The number of benzene rings is 1. The molecule has 1 aliphatic heterocycles. The smallest absolute Gasteiger partial charge is 0.214 e. The number of ether oxygens (including phenoxy) is 1. The van der Waals surface area contributed by atoms with E-state index >= 15 is 0 Å². The predicted octanol–water partition coefficient (Wildman–Crippen LogP) is 0.307. The lowest BCUT2D eigenvalue weighted by Crippen LogP contribution is -2.33. The molecule has 2 rings (SSSR count). The van der Waals surface area contributed by atoms with Gasteiger partial charge in [0.1, 0.15) is 18.1 Å². The average Bonchev–Trinajstić information content (AvgIpc) is 2.71. The number of sulfonamides is 1. The van der Waals surface area contributed by atoms with Gasteiger partial charge in [-0.25, -0.2) is 12.7 Å². The first-order chi connectivity index (χ1) is 8.90. The van der Waals surface area contributed by atoms with Crippen LogP contribution in [0.25, 0.3) is 0 Å². The summed E-state index contributed by atoms with van der Waals surface area (Å²) >= 11 is 0. The summed E-state index contributed by atoms with van der Waals surface area (Å²) in [5, 5.41) is 12.5. The molecule has 0 spiro atoms. The zero-order chi connectivity index (χ0) is 14.0. The molecule has 1 aromatic rings. The quantitative estimate of drug-likeness (QED) is 0.814. The van der Waals surface area contributed by atoms with E-state index in [1.807, 2.05) is 0 Å². The molecule has 0 aliphatic carbocycles. The van der Waals surface area contributed by atoms with Gasteiger partial charge >= 0.3 is 0 Å². The Labute approximate surface area is 113 Å². The van der Waals surface area contributed by atoms with E-state index in [1.54, 1.807) is 18.2 Å². The highest BCUT2D eigenvalue weighted by Crippen LogP contribution is 2.34. The normalized spacial score (nSPS) is 18.4. The highest BCUT2D eigenvalue weighted by molar-refractivity contribution is 7.89. The van der Waals surface area contributed by atoms with Crippen LogP contribution in [0.2, 0.25) is 0 Å². The van der Waals surface area contributed by atoms with Crippen molar-refractivity contribution in [3.05, 3.63) is 23.8 Å². The molecule has 1 aliphatic rings. The maximum atomic E-state index is 11.6. The van der Waals surface area contributed by atoms with Crippen LogP contribution in [-0.2, 0) is 10.0 Å². The Morgan fingerprint density at radius 3 is 2.89 bits per heavy atom. The second-order valence-corrected chi connectivity index (χ2v) is 6.94. The first-order valence-corrected chi connectivity index (χ1v) is 7.60. The first-order valence-electron chi connectivity index (χ1n) is 5.99. The van der Waals surface area contributed by atoms with Crippen LogP contribution in [0, 0.1) is 0 Å². The lowest BCUT2D eigenvalue weighted by atomic mass is 10.1. The highest BCUT2D eigenvalue weighted by atomic mass is 32.2. The van der Waals surface area contributed by atoms with E-state index in [2.05, 4.69) is 5.32 Å². The van der Waals surface area contributed by atoms with Crippen molar-refractivity contribution in [3.63, 3.8) is 0 Å². The van der Waals surface area contributed by atoms with Gasteiger partial charge in [-0.1, -0.05) is 0 Å². The van der Waals surface area contributed by atoms with Gasteiger partial charge in [-0.05, 0) is 12.1 Å². The first kappa shape index (κ1) is 14.1. The Bertz CT molecular complexity index is 557. The van der Waals surface area contributed by atoms with Gasteiger partial charge in [0.15, 0.2) is 0 Å². The second-order valence-electron chi connectivity index (χ2n) is 4.64. The number of aromatic hydroxyl groups is 1. The summed E-state index contributed by atoms with van der Waals surface area (Å²) in [6, 6.07) is 4.91.